The predicted molar refractivity (Wildman–Crippen MR) is 50.0 cm³/mol. The minimum Gasteiger partial charge on any atom is -0.399 e. The molecule has 0 bridgehead atoms. The summed E-state index contributed by atoms with van der Waals surface area (Å²) in [4.78, 5) is 6.21. The summed E-state index contributed by atoms with van der Waals surface area (Å²) in [6.45, 7) is 1.54. The van der Waals surface area contributed by atoms with Crippen LogP contribution in [0.3, 0.4) is 0 Å². The topological polar surface area (TPSA) is 65.9 Å². The molecule has 2 rings (SSSR count). The van der Waals surface area contributed by atoms with Crippen molar-refractivity contribution in [3.63, 3.8) is 0 Å². The third-order valence-corrected chi connectivity index (χ3v) is 2.16. The average molecular weight is 174 g/mol. The molecule has 2 N–H and O–H groups in total. The standard InChI is InChI=1S/C9H10N4/c10-4-7-5-13(6-7)9-3-8(11)1-2-12-9/h1-3,7H,5-6H2,(H2,11,12). The Morgan fingerprint density at radius 1 is 1.62 bits per heavy atom. The zero-order valence-electron chi connectivity index (χ0n) is 7.14. The molecule has 0 saturated carbocycles. The number of nitrogens with two attached hydrogens (primary N) is 1. The average Bonchev–Trinajstić information content (AvgIpc) is 2.02. The van der Waals surface area contributed by atoms with Gasteiger partial charge < -0.3 is 10.6 Å². The predicted octanol–water partition coefficient (Wildman–Crippen LogP) is 0.624. The van der Waals surface area contributed by atoms with Crippen molar-refractivity contribution in [3.05, 3.63) is 18.3 Å². The third kappa shape index (κ3) is 1.41. The number of nitrogens with zero attached hydrogens (tertiary/aromatic N) is 3. The highest BCUT2D eigenvalue weighted by Crippen LogP contribution is 2.22. The Hall–Kier alpha value is -1.76. The molecule has 1 aliphatic rings. The molecule has 0 atom stereocenters. The number of hydrogen-bond donors (Lipinski definition) is 1. The van der Waals surface area contributed by atoms with Crippen LogP contribution in [0.4, 0.5) is 11.5 Å². The van der Waals surface area contributed by atoms with Crippen molar-refractivity contribution in [1.82, 2.24) is 4.98 Å². The molecule has 66 valence electrons. The van der Waals surface area contributed by atoms with Crippen LogP contribution in [0.25, 0.3) is 0 Å². The van der Waals surface area contributed by atoms with E-state index in [-0.39, 0.29) is 5.92 Å². The molecule has 13 heavy (non-hydrogen) atoms. The summed E-state index contributed by atoms with van der Waals surface area (Å²) in [6, 6.07) is 5.80. The van der Waals surface area contributed by atoms with Gasteiger partial charge in [-0.15, -0.1) is 0 Å². The van der Waals surface area contributed by atoms with Crippen LogP contribution in [0.2, 0.25) is 0 Å². The summed E-state index contributed by atoms with van der Waals surface area (Å²) in [5.41, 5.74) is 6.32. The molecule has 0 amide bonds. The van der Waals surface area contributed by atoms with E-state index >= 15 is 0 Å². The van der Waals surface area contributed by atoms with Crippen molar-refractivity contribution < 1.29 is 0 Å². The Kier molecular flexibility index (Phi) is 1.78. The molecule has 0 spiro atoms. The van der Waals surface area contributed by atoms with Crippen molar-refractivity contribution in [3.8, 4) is 6.07 Å². The van der Waals surface area contributed by atoms with E-state index in [9.17, 15) is 0 Å². The van der Waals surface area contributed by atoms with Crippen molar-refractivity contribution in [2.75, 3.05) is 23.7 Å². The molecule has 1 aromatic heterocycles. The van der Waals surface area contributed by atoms with Crippen LogP contribution in [-0.2, 0) is 0 Å². The van der Waals surface area contributed by atoms with Gasteiger partial charge in [-0.05, 0) is 6.07 Å². The van der Waals surface area contributed by atoms with Gasteiger partial charge in [0, 0.05) is 31.0 Å². The first kappa shape index (κ1) is 7.87. The van der Waals surface area contributed by atoms with Crippen molar-refractivity contribution >= 4 is 11.5 Å². The number of nitrogen functional groups attached to an aromatic ring is 1. The van der Waals surface area contributed by atoms with Crippen molar-refractivity contribution in [2.45, 2.75) is 0 Å². The maximum absolute atomic E-state index is 8.58. The molecule has 1 aliphatic heterocycles. The molecule has 0 unspecified atom stereocenters. The zero-order chi connectivity index (χ0) is 9.26. The summed E-state index contributed by atoms with van der Waals surface area (Å²) in [5, 5.41) is 8.58. The largest absolute Gasteiger partial charge is 0.399 e. The van der Waals surface area contributed by atoms with Gasteiger partial charge in [0.15, 0.2) is 0 Å². The van der Waals surface area contributed by atoms with Gasteiger partial charge in [0.1, 0.15) is 5.82 Å². The van der Waals surface area contributed by atoms with Gasteiger partial charge in [0.2, 0.25) is 0 Å². The summed E-state index contributed by atoms with van der Waals surface area (Å²) < 4.78 is 0. The number of hydrogen-bond acceptors (Lipinski definition) is 4. The molecule has 0 radical (unpaired) electrons. The van der Waals surface area contributed by atoms with Crippen LogP contribution in [-0.4, -0.2) is 18.1 Å². The van der Waals surface area contributed by atoms with Crippen molar-refractivity contribution in [2.24, 2.45) is 5.92 Å². The van der Waals surface area contributed by atoms with E-state index < -0.39 is 0 Å². The van der Waals surface area contributed by atoms with Gasteiger partial charge in [0.25, 0.3) is 0 Å². The lowest BCUT2D eigenvalue weighted by molar-refractivity contribution is 0.500. The van der Waals surface area contributed by atoms with E-state index in [1.807, 2.05) is 11.0 Å². The summed E-state index contributed by atoms with van der Waals surface area (Å²) in [5.74, 6) is 1.02. The van der Waals surface area contributed by atoms with E-state index in [2.05, 4.69) is 11.1 Å². The highest BCUT2D eigenvalue weighted by molar-refractivity contribution is 5.52. The van der Waals surface area contributed by atoms with Gasteiger partial charge in [0.05, 0.1) is 12.0 Å². The molecule has 2 heterocycles. The quantitative estimate of drug-likeness (QED) is 0.678. The second-order valence-corrected chi connectivity index (χ2v) is 3.18. The fourth-order valence-corrected chi connectivity index (χ4v) is 1.35. The third-order valence-electron chi connectivity index (χ3n) is 2.16. The van der Waals surface area contributed by atoms with Crippen LogP contribution in [0, 0.1) is 17.2 Å². The highest BCUT2D eigenvalue weighted by atomic mass is 15.2. The normalized spacial score (nSPS) is 16.4. The van der Waals surface area contributed by atoms with Gasteiger partial charge in [-0.2, -0.15) is 5.26 Å². The molecule has 4 heteroatoms. The van der Waals surface area contributed by atoms with Gasteiger partial charge in [-0.3, -0.25) is 0 Å². The number of nitriles is 1. The number of rotatable bonds is 1. The SMILES string of the molecule is N#CC1CN(c2cc(N)ccn2)C1. The fraction of sp³-hybridized carbons (Fsp3) is 0.333. The van der Waals surface area contributed by atoms with Gasteiger partial charge in [-0.1, -0.05) is 0 Å². The lowest BCUT2D eigenvalue weighted by Gasteiger charge is -2.36. The minimum atomic E-state index is 0.156. The molecule has 0 aliphatic carbocycles. The zero-order valence-corrected chi connectivity index (χ0v) is 7.14. The Bertz CT molecular complexity index is 349. The maximum atomic E-state index is 8.58. The van der Waals surface area contributed by atoms with E-state index in [1.165, 1.54) is 0 Å². The Morgan fingerprint density at radius 3 is 3.00 bits per heavy atom. The molecule has 1 fully saturated rings. The second-order valence-electron chi connectivity index (χ2n) is 3.18. The number of anilines is 2. The maximum Gasteiger partial charge on any atom is 0.130 e. The molecular formula is C9H10N4. The van der Waals surface area contributed by atoms with E-state index in [0.717, 1.165) is 18.9 Å². The summed E-state index contributed by atoms with van der Waals surface area (Å²) >= 11 is 0. The Morgan fingerprint density at radius 2 is 2.38 bits per heavy atom. The molecular weight excluding hydrogens is 164 g/mol. The monoisotopic (exact) mass is 174 g/mol. The van der Waals surface area contributed by atoms with E-state index in [4.69, 9.17) is 11.0 Å². The first-order chi connectivity index (χ1) is 6.29. The molecule has 1 saturated heterocycles. The van der Waals surface area contributed by atoms with Crippen LogP contribution < -0.4 is 10.6 Å². The minimum absolute atomic E-state index is 0.156. The van der Waals surface area contributed by atoms with Crippen molar-refractivity contribution in [1.29, 1.82) is 5.26 Å². The fourth-order valence-electron chi connectivity index (χ4n) is 1.35. The molecule has 0 aromatic carbocycles. The number of aromatic nitrogens is 1. The van der Waals surface area contributed by atoms with Crippen LogP contribution in [0.5, 0.6) is 0 Å². The van der Waals surface area contributed by atoms with Crippen LogP contribution in [0.1, 0.15) is 0 Å². The van der Waals surface area contributed by atoms with Gasteiger partial charge >= 0.3 is 0 Å². The Labute approximate surface area is 76.6 Å². The Balaban J connectivity index is 2.08. The highest BCUT2D eigenvalue weighted by Gasteiger charge is 2.27. The van der Waals surface area contributed by atoms with Crippen LogP contribution >= 0.6 is 0 Å². The van der Waals surface area contributed by atoms with E-state index in [1.54, 1.807) is 12.3 Å². The number of pyridine rings is 1. The first-order valence-electron chi connectivity index (χ1n) is 4.15. The second kappa shape index (κ2) is 2.94. The molecule has 4 nitrogen and oxygen atoms in total. The molecule has 1 aromatic rings. The van der Waals surface area contributed by atoms with E-state index in [0.29, 0.717) is 5.69 Å². The lowest BCUT2D eigenvalue weighted by Crippen LogP contribution is -2.46. The van der Waals surface area contributed by atoms with Gasteiger partial charge in [-0.25, -0.2) is 4.98 Å². The summed E-state index contributed by atoms with van der Waals surface area (Å²) in [6.07, 6.45) is 1.68. The van der Waals surface area contributed by atoms with Crippen LogP contribution in [0.15, 0.2) is 18.3 Å². The smallest absolute Gasteiger partial charge is 0.130 e. The summed E-state index contributed by atoms with van der Waals surface area (Å²) in [7, 11) is 0. The lowest BCUT2D eigenvalue weighted by atomic mass is 10.0. The first-order valence-corrected chi connectivity index (χ1v) is 4.15.